The van der Waals surface area contributed by atoms with E-state index < -0.39 is 0 Å². The lowest BCUT2D eigenvalue weighted by molar-refractivity contribution is -0.00656. The van der Waals surface area contributed by atoms with Crippen molar-refractivity contribution in [3.05, 3.63) is 0 Å². The lowest BCUT2D eigenvalue weighted by Crippen LogP contribution is -2.25. The highest BCUT2D eigenvalue weighted by Crippen LogP contribution is 2.26. The molecule has 0 aromatic carbocycles. The molecule has 1 saturated carbocycles. The van der Waals surface area contributed by atoms with Gasteiger partial charge in [-0.15, -0.1) is 0 Å². The van der Waals surface area contributed by atoms with Gasteiger partial charge in [-0.2, -0.15) is 12.6 Å². The molecule has 0 aliphatic heterocycles. The fourth-order valence-corrected chi connectivity index (χ4v) is 3.09. The Morgan fingerprint density at radius 2 is 1.50 bits per heavy atom. The molecule has 2 unspecified atom stereocenters. The average molecular weight is 272 g/mol. The van der Waals surface area contributed by atoms with E-state index in [9.17, 15) is 0 Å². The zero-order chi connectivity index (χ0) is 13.1. The third-order valence-corrected chi connectivity index (χ3v) is 4.48. The van der Waals surface area contributed by atoms with Gasteiger partial charge in [0, 0.05) is 6.61 Å². The second-order valence-electron chi connectivity index (χ2n) is 5.87. The van der Waals surface area contributed by atoms with E-state index in [0.717, 1.165) is 18.3 Å². The summed E-state index contributed by atoms with van der Waals surface area (Å²) in [4.78, 5) is 0. The summed E-state index contributed by atoms with van der Waals surface area (Å²) in [5, 5.41) is 0. The van der Waals surface area contributed by atoms with Crippen LogP contribution >= 0.6 is 12.6 Å². The van der Waals surface area contributed by atoms with Crippen molar-refractivity contribution in [1.29, 1.82) is 0 Å². The average Bonchev–Trinajstić information content (AvgIpc) is 2.39. The van der Waals surface area contributed by atoms with Crippen molar-refractivity contribution in [2.24, 2.45) is 5.92 Å². The topological polar surface area (TPSA) is 9.23 Å². The van der Waals surface area contributed by atoms with E-state index in [1.165, 1.54) is 70.6 Å². The molecule has 1 rings (SSSR count). The van der Waals surface area contributed by atoms with Crippen molar-refractivity contribution in [2.75, 3.05) is 12.4 Å². The van der Waals surface area contributed by atoms with Gasteiger partial charge in [-0.05, 0) is 37.4 Å². The zero-order valence-corrected chi connectivity index (χ0v) is 13.1. The predicted molar refractivity (Wildman–Crippen MR) is 83.5 cm³/mol. The highest BCUT2D eigenvalue weighted by Gasteiger charge is 2.21. The summed E-state index contributed by atoms with van der Waals surface area (Å²) in [7, 11) is 0. The fourth-order valence-electron chi connectivity index (χ4n) is 2.86. The predicted octanol–water partition coefficient (Wildman–Crippen LogP) is 5.24. The molecule has 108 valence electrons. The first kappa shape index (κ1) is 16.4. The van der Waals surface area contributed by atoms with Gasteiger partial charge in [0.25, 0.3) is 0 Å². The molecule has 0 saturated heterocycles. The molecule has 0 amide bonds. The van der Waals surface area contributed by atoms with Gasteiger partial charge in [-0.1, -0.05) is 51.9 Å². The molecule has 1 nitrogen and oxygen atoms in total. The van der Waals surface area contributed by atoms with Gasteiger partial charge >= 0.3 is 0 Å². The maximum absolute atomic E-state index is 6.03. The molecule has 2 atom stereocenters. The van der Waals surface area contributed by atoms with Crippen LogP contribution in [0.15, 0.2) is 0 Å². The third kappa shape index (κ3) is 7.68. The first-order valence-corrected chi connectivity index (χ1v) is 8.70. The van der Waals surface area contributed by atoms with Crippen LogP contribution in [0.4, 0.5) is 0 Å². The van der Waals surface area contributed by atoms with E-state index in [-0.39, 0.29) is 0 Å². The van der Waals surface area contributed by atoms with Crippen LogP contribution in [-0.2, 0) is 4.74 Å². The van der Waals surface area contributed by atoms with Crippen LogP contribution < -0.4 is 0 Å². The van der Waals surface area contributed by atoms with Gasteiger partial charge < -0.3 is 4.74 Å². The highest BCUT2D eigenvalue weighted by atomic mass is 32.1. The summed E-state index contributed by atoms with van der Waals surface area (Å²) in [6, 6.07) is 0. The second kappa shape index (κ2) is 11.2. The van der Waals surface area contributed by atoms with E-state index >= 15 is 0 Å². The van der Waals surface area contributed by atoms with Crippen LogP contribution in [0.3, 0.4) is 0 Å². The number of hydrogen-bond acceptors (Lipinski definition) is 2. The maximum atomic E-state index is 6.03. The Bertz CT molecular complexity index is 184. The Balaban J connectivity index is 1.83. The maximum Gasteiger partial charge on any atom is 0.0600 e. The molecule has 1 fully saturated rings. The van der Waals surface area contributed by atoms with Crippen LogP contribution in [0.1, 0.15) is 77.6 Å². The number of rotatable bonds is 10. The molecule has 0 bridgehead atoms. The zero-order valence-electron chi connectivity index (χ0n) is 12.2. The van der Waals surface area contributed by atoms with Crippen LogP contribution in [0.25, 0.3) is 0 Å². The van der Waals surface area contributed by atoms with E-state index in [1.54, 1.807) is 0 Å². The molecule has 2 heteroatoms. The number of hydrogen-bond donors (Lipinski definition) is 1. The van der Waals surface area contributed by atoms with E-state index in [2.05, 4.69) is 19.6 Å². The SMILES string of the molecule is CC1CCCCC1OCCCCCCCCCS. The lowest BCUT2D eigenvalue weighted by Gasteiger charge is -2.28. The summed E-state index contributed by atoms with van der Waals surface area (Å²) >= 11 is 4.23. The Morgan fingerprint density at radius 1 is 0.889 bits per heavy atom. The molecule has 1 aliphatic carbocycles. The van der Waals surface area contributed by atoms with Crippen LogP contribution in [-0.4, -0.2) is 18.5 Å². The molecule has 0 aromatic rings. The minimum Gasteiger partial charge on any atom is -0.378 e. The van der Waals surface area contributed by atoms with Gasteiger partial charge in [-0.3, -0.25) is 0 Å². The van der Waals surface area contributed by atoms with Gasteiger partial charge in [0.05, 0.1) is 6.10 Å². The molecule has 0 spiro atoms. The third-order valence-electron chi connectivity index (χ3n) is 4.17. The molecule has 0 N–H and O–H groups in total. The van der Waals surface area contributed by atoms with Crippen molar-refractivity contribution >= 4 is 12.6 Å². The molecular weight excluding hydrogens is 240 g/mol. The largest absolute Gasteiger partial charge is 0.378 e. The highest BCUT2D eigenvalue weighted by molar-refractivity contribution is 7.80. The minimum absolute atomic E-state index is 0.564. The Morgan fingerprint density at radius 3 is 2.17 bits per heavy atom. The Hall–Kier alpha value is 0.310. The van der Waals surface area contributed by atoms with Crippen LogP contribution in [0.5, 0.6) is 0 Å². The van der Waals surface area contributed by atoms with Crippen molar-refractivity contribution in [2.45, 2.75) is 83.7 Å². The quantitative estimate of drug-likeness (QED) is 0.422. The van der Waals surface area contributed by atoms with Crippen molar-refractivity contribution < 1.29 is 4.74 Å². The van der Waals surface area contributed by atoms with Gasteiger partial charge in [0.2, 0.25) is 0 Å². The summed E-state index contributed by atoms with van der Waals surface area (Å²) < 4.78 is 6.03. The van der Waals surface area contributed by atoms with Crippen molar-refractivity contribution in [3.63, 3.8) is 0 Å². The first-order valence-electron chi connectivity index (χ1n) is 8.07. The van der Waals surface area contributed by atoms with Gasteiger partial charge in [-0.25, -0.2) is 0 Å². The van der Waals surface area contributed by atoms with E-state index in [4.69, 9.17) is 4.74 Å². The van der Waals surface area contributed by atoms with Crippen LogP contribution in [0, 0.1) is 5.92 Å². The standard InChI is InChI=1S/C16H32OS/c1-15-11-7-8-12-16(15)17-13-9-5-3-2-4-6-10-14-18/h15-16,18H,2-14H2,1H3. The molecule has 1 aliphatic rings. The monoisotopic (exact) mass is 272 g/mol. The molecular formula is C16H32OS. The summed E-state index contributed by atoms with van der Waals surface area (Å²) in [6.45, 7) is 3.34. The smallest absolute Gasteiger partial charge is 0.0600 e. The normalized spacial score (nSPS) is 24.3. The minimum atomic E-state index is 0.564. The Labute approximate surface area is 119 Å². The molecule has 18 heavy (non-hydrogen) atoms. The molecule has 0 aromatic heterocycles. The van der Waals surface area contributed by atoms with Crippen LogP contribution in [0.2, 0.25) is 0 Å². The fraction of sp³-hybridized carbons (Fsp3) is 1.00. The van der Waals surface area contributed by atoms with E-state index in [0.29, 0.717) is 6.10 Å². The number of unbranched alkanes of at least 4 members (excludes halogenated alkanes) is 6. The van der Waals surface area contributed by atoms with E-state index in [1.807, 2.05) is 0 Å². The van der Waals surface area contributed by atoms with Gasteiger partial charge in [0.15, 0.2) is 0 Å². The molecule has 0 heterocycles. The molecule has 0 radical (unpaired) electrons. The first-order chi connectivity index (χ1) is 8.84. The van der Waals surface area contributed by atoms with Crippen molar-refractivity contribution in [3.8, 4) is 0 Å². The Kier molecular flexibility index (Phi) is 10.1. The number of ether oxygens (including phenoxy) is 1. The summed E-state index contributed by atoms with van der Waals surface area (Å²) in [5.41, 5.74) is 0. The second-order valence-corrected chi connectivity index (χ2v) is 6.32. The van der Waals surface area contributed by atoms with Crippen molar-refractivity contribution in [1.82, 2.24) is 0 Å². The summed E-state index contributed by atoms with van der Waals surface area (Å²) in [6.07, 6.45) is 15.4. The lowest BCUT2D eigenvalue weighted by atomic mass is 9.88. The van der Waals surface area contributed by atoms with Gasteiger partial charge in [0.1, 0.15) is 0 Å². The summed E-state index contributed by atoms with van der Waals surface area (Å²) in [5.74, 6) is 1.84. The number of thiol groups is 1.